The van der Waals surface area contributed by atoms with Gasteiger partial charge in [-0.1, -0.05) is 0 Å². The lowest BCUT2D eigenvalue weighted by molar-refractivity contribution is 0.0648. The van der Waals surface area contributed by atoms with Crippen LogP contribution in [0.1, 0.15) is 41.4 Å². The largest absolute Gasteiger partial charge is 0.478 e. The van der Waals surface area contributed by atoms with Crippen LogP contribution in [-0.4, -0.2) is 34.0 Å². The van der Waals surface area contributed by atoms with E-state index in [0.717, 1.165) is 0 Å². The first kappa shape index (κ1) is 16.1. The lowest BCUT2D eigenvalue weighted by Crippen LogP contribution is -2.27. The van der Waals surface area contributed by atoms with Crippen molar-refractivity contribution >= 4 is 55.6 Å². The number of amides is 2. The number of nitrogens with two attached hydrogens (primary N) is 2. The van der Waals surface area contributed by atoms with E-state index in [9.17, 15) is 19.2 Å². The Balaban J connectivity index is 4.14. The highest BCUT2D eigenvalue weighted by Crippen LogP contribution is 2.36. The van der Waals surface area contributed by atoms with Crippen LogP contribution in [0.2, 0.25) is 0 Å². The summed E-state index contributed by atoms with van der Waals surface area (Å²) in [5.74, 6) is -5.77. The minimum atomic E-state index is -1.73. The van der Waals surface area contributed by atoms with Crippen molar-refractivity contribution in [2.75, 3.05) is 0 Å². The Hall–Kier alpha value is -1.94. The van der Waals surface area contributed by atoms with E-state index in [1.807, 2.05) is 0 Å². The molecule has 0 aliphatic carbocycles. The summed E-state index contributed by atoms with van der Waals surface area (Å²) in [4.78, 5) is 45.2. The van der Waals surface area contributed by atoms with Gasteiger partial charge in [-0.2, -0.15) is 0 Å². The predicted molar refractivity (Wildman–Crippen MR) is 72.8 cm³/mol. The molecular weight excluding hydrogens is 404 g/mol. The average molecular weight is 410 g/mol. The van der Waals surface area contributed by atoms with E-state index in [-0.39, 0.29) is 8.95 Å². The van der Waals surface area contributed by atoms with Crippen LogP contribution < -0.4 is 11.5 Å². The van der Waals surface area contributed by atoms with Crippen LogP contribution in [0.3, 0.4) is 0 Å². The molecule has 1 rings (SSSR count). The molecule has 0 unspecified atom stereocenters. The predicted octanol–water partition coefficient (Wildman–Crippen LogP) is 0.806. The molecule has 2 amide bonds. The molecule has 0 aromatic heterocycles. The third kappa shape index (κ3) is 2.51. The van der Waals surface area contributed by atoms with Crippen molar-refractivity contribution in [1.29, 1.82) is 0 Å². The Morgan fingerprint density at radius 2 is 1.05 bits per heavy atom. The maximum Gasteiger partial charge on any atom is 0.337 e. The summed E-state index contributed by atoms with van der Waals surface area (Å²) in [6.07, 6.45) is 0. The van der Waals surface area contributed by atoms with Crippen LogP contribution >= 0.6 is 31.9 Å². The van der Waals surface area contributed by atoms with Gasteiger partial charge in [0.2, 0.25) is 5.91 Å². The van der Waals surface area contributed by atoms with Gasteiger partial charge in [0.05, 0.1) is 22.3 Å². The Bertz CT molecular complexity index is 613. The standard InChI is InChI=1S/C10H6Br2N2O6/c11-5-3(8(14)16)1(7(13)15)2(9(17)18)4(6(5)12)10(19)20/h(H2,13,15)(H2,14,16)(H,17,18)(H,19,20). The highest BCUT2D eigenvalue weighted by Gasteiger charge is 2.33. The highest BCUT2D eigenvalue weighted by atomic mass is 79.9. The van der Waals surface area contributed by atoms with E-state index in [4.69, 9.17) is 21.7 Å². The number of halogens is 2. The quantitative estimate of drug-likeness (QED) is 0.575. The number of hydrogen-bond donors (Lipinski definition) is 4. The molecular formula is C10H6Br2N2O6. The number of rotatable bonds is 4. The highest BCUT2D eigenvalue weighted by molar-refractivity contribution is 9.13. The van der Waals surface area contributed by atoms with Gasteiger partial charge in [-0.05, 0) is 31.9 Å². The van der Waals surface area contributed by atoms with Gasteiger partial charge in [-0.3, -0.25) is 9.59 Å². The minimum Gasteiger partial charge on any atom is -0.478 e. The summed E-state index contributed by atoms with van der Waals surface area (Å²) in [5, 5.41) is 18.2. The van der Waals surface area contributed by atoms with E-state index in [0.29, 0.717) is 0 Å². The van der Waals surface area contributed by atoms with Gasteiger partial charge < -0.3 is 21.7 Å². The Morgan fingerprint density at radius 3 is 1.35 bits per heavy atom. The number of carbonyl (C=O) groups is 4. The molecule has 1 aromatic carbocycles. The summed E-state index contributed by atoms with van der Waals surface area (Å²) in [6.45, 7) is 0. The third-order valence-corrected chi connectivity index (χ3v) is 4.42. The molecule has 0 bridgehead atoms. The third-order valence-electron chi connectivity index (χ3n) is 2.30. The second-order valence-corrected chi connectivity index (χ2v) is 5.05. The van der Waals surface area contributed by atoms with Crippen LogP contribution in [0.25, 0.3) is 0 Å². The summed E-state index contributed by atoms with van der Waals surface area (Å²) < 4.78 is -0.401. The van der Waals surface area contributed by atoms with Crippen molar-refractivity contribution in [2.24, 2.45) is 11.5 Å². The van der Waals surface area contributed by atoms with Crippen molar-refractivity contribution in [1.82, 2.24) is 0 Å². The fourth-order valence-corrected chi connectivity index (χ4v) is 2.74. The van der Waals surface area contributed by atoms with Crippen LogP contribution in [0.5, 0.6) is 0 Å². The van der Waals surface area contributed by atoms with Crippen molar-refractivity contribution in [3.05, 3.63) is 31.2 Å². The van der Waals surface area contributed by atoms with Crippen LogP contribution in [-0.2, 0) is 0 Å². The number of carboxylic acid groups (broad SMARTS) is 2. The summed E-state index contributed by atoms with van der Waals surface area (Å²) in [5.41, 5.74) is 7.22. The van der Waals surface area contributed by atoms with Crippen molar-refractivity contribution in [3.8, 4) is 0 Å². The number of hydrogen-bond acceptors (Lipinski definition) is 4. The zero-order valence-electron chi connectivity index (χ0n) is 9.44. The first-order valence-electron chi connectivity index (χ1n) is 4.72. The molecule has 1 aromatic rings. The Kier molecular flexibility index (Phi) is 4.50. The molecule has 8 nitrogen and oxygen atoms in total. The monoisotopic (exact) mass is 408 g/mol. The fraction of sp³-hybridized carbons (Fsp3) is 0. The zero-order chi connectivity index (χ0) is 15.8. The van der Waals surface area contributed by atoms with E-state index in [2.05, 4.69) is 31.9 Å². The molecule has 0 saturated heterocycles. The SMILES string of the molecule is NC(=O)c1c(Br)c(Br)c(C(=O)O)c(C(=O)O)c1C(N)=O. The molecule has 0 radical (unpaired) electrons. The van der Waals surface area contributed by atoms with Gasteiger partial charge in [0.25, 0.3) is 5.91 Å². The van der Waals surface area contributed by atoms with E-state index in [1.165, 1.54) is 0 Å². The van der Waals surface area contributed by atoms with Gasteiger partial charge in [-0.25, -0.2) is 9.59 Å². The zero-order valence-corrected chi connectivity index (χ0v) is 12.6. The number of carboxylic acids is 2. The molecule has 10 heteroatoms. The first-order chi connectivity index (χ1) is 9.11. The number of carbonyl (C=O) groups excluding carboxylic acids is 2. The molecule has 0 fully saturated rings. The molecule has 0 heterocycles. The van der Waals surface area contributed by atoms with Gasteiger partial charge in [0.1, 0.15) is 0 Å². The Labute approximate surface area is 128 Å². The lowest BCUT2D eigenvalue weighted by Gasteiger charge is -2.14. The average Bonchev–Trinajstić information content (AvgIpc) is 2.29. The van der Waals surface area contributed by atoms with Gasteiger partial charge in [-0.15, -0.1) is 0 Å². The smallest absolute Gasteiger partial charge is 0.337 e. The van der Waals surface area contributed by atoms with Gasteiger partial charge in [0.15, 0.2) is 0 Å². The van der Waals surface area contributed by atoms with Crippen molar-refractivity contribution in [2.45, 2.75) is 0 Å². The molecule has 0 saturated carbocycles. The second kappa shape index (κ2) is 5.59. The summed E-state index contributed by atoms with van der Waals surface area (Å²) in [7, 11) is 0. The van der Waals surface area contributed by atoms with E-state index in [1.54, 1.807) is 0 Å². The number of primary amides is 2. The molecule has 20 heavy (non-hydrogen) atoms. The number of aromatic carboxylic acids is 2. The topological polar surface area (TPSA) is 161 Å². The molecule has 106 valence electrons. The molecule has 0 aliphatic heterocycles. The minimum absolute atomic E-state index is 0.166. The number of benzene rings is 1. The van der Waals surface area contributed by atoms with Crippen molar-refractivity contribution in [3.63, 3.8) is 0 Å². The van der Waals surface area contributed by atoms with E-state index < -0.39 is 46.0 Å². The molecule has 0 atom stereocenters. The Morgan fingerprint density at radius 1 is 0.700 bits per heavy atom. The van der Waals surface area contributed by atoms with E-state index >= 15 is 0 Å². The van der Waals surface area contributed by atoms with Crippen molar-refractivity contribution < 1.29 is 29.4 Å². The molecule has 6 N–H and O–H groups in total. The maximum atomic E-state index is 11.4. The maximum absolute atomic E-state index is 11.4. The van der Waals surface area contributed by atoms with Crippen LogP contribution in [0.15, 0.2) is 8.95 Å². The molecule has 0 aliphatic rings. The van der Waals surface area contributed by atoms with Gasteiger partial charge >= 0.3 is 11.9 Å². The summed E-state index contributed by atoms with van der Waals surface area (Å²) in [6, 6.07) is 0. The fourth-order valence-electron chi connectivity index (χ4n) is 1.58. The first-order valence-corrected chi connectivity index (χ1v) is 6.31. The summed E-state index contributed by atoms with van der Waals surface area (Å²) >= 11 is 5.74. The van der Waals surface area contributed by atoms with Crippen LogP contribution in [0, 0.1) is 0 Å². The molecule has 0 spiro atoms. The lowest BCUT2D eigenvalue weighted by atomic mass is 9.94. The van der Waals surface area contributed by atoms with Gasteiger partial charge in [0, 0.05) is 8.95 Å². The van der Waals surface area contributed by atoms with Crippen LogP contribution in [0.4, 0.5) is 0 Å². The second-order valence-electron chi connectivity index (χ2n) is 3.47. The normalized spacial score (nSPS) is 10.1.